The number of benzene rings is 1. The molecule has 6 heteroatoms. The van der Waals surface area contributed by atoms with Crippen molar-refractivity contribution in [3.8, 4) is 5.69 Å². The van der Waals surface area contributed by atoms with Crippen molar-refractivity contribution in [3.63, 3.8) is 0 Å². The van der Waals surface area contributed by atoms with Crippen LogP contribution in [0.3, 0.4) is 0 Å². The molecule has 0 atom stereocenters. The third-order valence-corrected chi connectivity index (χ3v) is 5.16. The Morgan fingerprint density at radius 1 is 1.22 bits per heavy atom. The Bertz CT molecular complexity index is 665. The van der Waals surface area contributed by atoms with E-state index in [-0.39, 0.29) is 5.91 Å². The number of carbonyl (C=O) groups is 1. The summed E-state index contributed by atoms with van der Waals surface area (Å²) < 4.78 is 1.96. The highest BCUT2D eigenvalue weighted by molar-refractivity contribution is 7.99. The molecule has 0 bridgehead atoms. The van der Waals surface area contributed by atoms with E-state index in [1.807, 2.05) is 39.9 Å². The Kier molecular flexibility index (Phi) is 5.62. The molecule has 4 nitrogen and oxygen atoms in total. The van der Waals surface area contributed by atoms with Gasteiger partial charge in [-0.25, -0.2) is 4.98 Å². The zero-order chi connectivity index (χ0) is 16.1. The highest BCUT2D eigenvalue weighted by Gasteiger charge is 2.17. The number of aromatic nitrogens is 2. The molecule has 2 heterocycles. The highest BCUT2D eigenvalue weighted by atomic mass is 35.5. The fourth-order valence-electron chi connectivity index (χ4n) is 2.76. The van der Waals surface area contributed by atoms with Crippen LogP contribution in [-0.4, -0.2) is 39.2 Å². The van der Waals surface area contributed by atoms with Crippen LogP contribution in [0.2, 0.25) is 5.02 Å². The number of halogens is 1. The van der Waals surface area contributed by atoms with Gasteiger partial charge >= 0.3 is 0 Å². The van der Waals surface area contributed by atoms with Crippen LogP contribution in [-0.2, 0) is 4.79 Å². The van der Waals surface area contributed by atoms with E-state index in [1.165, 1.54) is 24.6 Å². The van der Waals surface area contributed by atoms with Crippen LogP contribution in [0, 0.1) is 0 Å². The van der Waals surface area contributed by atoms with Gasteiger partial charge in [-0.3, -0.25) is 9.36 Å². The predicted octanol–water partition coefficient (Wildman–Crippen LogP) is 4.02. The number of nitrogens with zero attached hydrogens (tertiary/aromatic N) is 3. The van der Waals surface area contributed by atoms with Gasteiger partial charge in [-0.15, -0.1) is 0 Å². The summed E-state index contributed by atoms with van der Waals surface area (Å²) >= 11 is 7.54. The number of thioether (sulfide) groups is 1. The van der Waals surface area contributed by atoms with Crippen molar-refractivity contribution >= 4 is 29.3 Å². The monoisotopic (exact) mass is 349 g/mol. The molecule has 122 valence electrons. The lowest BCUT2D eigenvalue weighted by Gasteiger charge is -2.20. The van der Waals surface area contributed by atoms with Crippen molar-refractivity contribution in [3.05, 3.63) is 41.7 Å². The number of hydrogen-bond acceptors (Lipinski definition) is 3. The Hall–Kier alpha value is -1.46. The lowest BCUT2D eigenvalue weighted by molar-refractivity contribution is -0.128. The molecule has 0 spiro atoms. The van der Waals surface area contributed by atoms with Crippen LogP contribution < -0.4 is 0 Å². The minimum atomic E-state index is 0.206. The van der Waals surface area contributed by atoms with Crippen molar-refractivity contribution in [2.75, 3.05) is 18.8 Å². The fraction of sp³-hybridized carbons (Fsp3) is 0.412. The van der Waals surface area contributed by atoms with Crippen molar-refractivity contribution in [2.45, 2.75) is 30.8 Å². The number of rotatable bonds is 4. The predicted molar refractivity (Wildman–Crippen MR) is 94.3 cm³/mol. The van der Waals surface area contributed by atoms with Crippen molar-refractivity contribution in [2.24, 2.45) is 0 Å². The van der Waals surface area contributed by atoms with Crippen LogP contribution in [0.15, 0.2) is 41.8 Å². The molecule has 1 aromatic carbocycles. The van der Waals surface area contributed by atoms with Gasteiger partial charge in [-0.1, -0.05) is 42.3 Å². The first kappa shape index (κ1) is 16.4. The standard InChI is InChI=1S/C17H20ClN3OS/c18-14-6-5-7-15(12-14)21-11-8-19-17(21)23-13-16(22)20-9-3-1-2-4-10-20/h5-8,11-12H,1-4,9-10,13H2. The second kappa shape index (κ2) is 7.88. The van der Waals surface area contributed by atoms with Crippen LogP contribution in [0.25, 0.3) is 5.69 Å². The van der Waals surface area contributed by atoms with E-state index in [4.69, 9.17) is 11.6 Å². The molecular formula is C17H20ClN3OS. The summed E-state index contributed by atoms with van der Waals surface area (Å²) in [4.78, 5) is 18.8. The number of likely N-dealkylation sites (tertiary alicyclic amines) is 1. The first-order chi connectivity index (χ1) is 11.2. The second-order valence-corrected chi connectivity index (χ2v) is 7.02. The molecule has 1 amide bonds. The van der Waals surface area contributed by atoms with Crippen LogP contribution >= 0.6 is 23.4 Å². The van der Waals surface area contributed by atoms with E-state index in [0.29, 0.717) is 10.8 Å². The van der Waals surface area contributed by atoms with Gasteiger partial charge in [0, 0.05) is 36.2 Å². The topological polar surface area (TPSA) is 38.1 Å². The number of hydrogen-bond donors (Lipinski definition) is 0. The van der Waals surface area contributed by atoms with E-state index >= 15 is 0 Å². The zero-order valence-electron chi connectivity index (χ0n) is 12.9. The molecule has 0 unspecified atom stereocenters. The Morgan fingerprint density at radius 2 is 2.00 bits per heavy atom. The van der Waals surface area contributed by atoms with E-state index in [2.05, 4.69) is 4.98 Å². The lowest BCUT2D eigenvalue weighted by atomic mass is 10.2. The van der Waals surface area contributed by atoms with Crippen molar-refractivity contribution in [1.29, 1.82) is 0 Å². The van der Waals surface area contributed by atoms with Crippen LogP contribution in [0.5, 0.6) is 0 Å². The first-order valence-electron chi connectivity index (χ1n) is 7.94. The van der Waals surface area contributed by atoms with Crippen LogP contribution in [0.4, 0.5) is 0 Å². The minimum Gasteiger partial charge on any atom is -0.342 e. The molecule has 2 aromatic rings. The lowest BCUT2D eigenvalue weighted by Crippen LogP contribution is -2.33. The van der Waals surface area contributed by atoms with Crippen molar-refractivity contribution < 1.29 is 4.79 Å². The van der Waals surface area contributed by atoms with Gasteiger partial charge in [0.05, 0.1) is 5.75 Å². The van der Waals surface area contributed by atoms with Crippen LogP contribution in [0.1, 0.15) is 25.7 Å². The molecule has 23 heavy (non-hydrogen) atoms. The second-order valence-electron chi connectivity index (χ2n) is 5.64. The number of imidazole rings is 1. The van der Waals surface area contributed by atoms with Gasteiger partial charge < -0.3 is 4.90 Å². The maximum Gasteiger partial charge on any atom is 0.233 e. The molecule has 0 aliphatic carbocycles. The van der Waals surface area contributed by atoms with Gasteiger partial charge in [-0.2, -0.15) is 0 Å². The summed E-state index contributed by atoms with van der Waals surface area (Å²) in [6.45, 7) is 1.78. The van der Waals surface area contributed by atoms with Gasteiger partial charge in [0.2, 0.25) is 5.91 Å². The molecule has 1 aliphatic rings. The van der Waals surface area contributed by atoms with E-state index < -0.39 is 0 Å². The normalized spacial score (nSPS) is 15.4. The van der Waals surface area contributed by atoms with Gasteiger partial charge in [0.15, 0.2) is 5.16 Å². The molecule has 1 aromatic heterocycles. The highest BCUT2D eigenvalue weighted by Crippen LogP contribution is 2.23. The Labute approximate surface area is 145 Å². The molecule has 1 aliphatic heterocycles. The third kappa shape index (κ3) is 4.30. The molecule has 3 rings (SSSR count). The summed E-state index contributed by atoms with van der Waals surface area (Å²) in [5.41, 5.74) is 0.958. The summed E-state index contributed by atoms with van der Waals surface area (Å²) in [5, 5.41) is 1.50. The molecule has 1 saturated heterocycles. The SMILES string of the molecule is O=C(CSc1nccn1-c1cccc(Cl)c1)N1CCCCCC1. The molecule has 1 fully saturated rings. The molecule has 0 radical (unpaired) electrons. The maximum atomic E-state index is 12.4. The van der Waals surface area contributed by atoms with E-state index in [0.717, 1.165) is 36.8 Å². The first-order valence-corrected chi connectivity index (χ1v) is 9.30. The van der Waals surface area contributed by atoms with E-state index in [1.54, 1.807) is 6.20 Å². The number of carbonyl (C=O) groups excluding carboxylic acids is 1. The van der Waals surface area contributed by atoms with Gasteiger partial charge in [0.1, 0.15) is 0 Å². The van der Waals surface area contributed by atoms with E-state index in [9.17, 15) is 4.79 Å². The van der Waals surface area contributed by atoms with Gasteiger partial charge in [0.25, 0.3) is 0 Å². The fourth-order valence-corrected chi connectivity index (χ4v) is 3.82. The minimum absolute atomic E-state index is 0.206. The quantitative estimate of drug-likeness (QED) is 0.782. The summed E-state index contributed by atoms with van der Waals surface area (Å²) in [7, 11) is 0. The average molecular weight is 350 g/mol. The van der Waals surface area contributed by atoms with Gasteiger partial charge in [-0.05, 0) is 31.0 Å². The summed E-state index contributed by atoms with van der Waals surface area (Å²) in [6.07, 6.45) is 8.34. The average Bonchev–Trinajstić information content (AvgIpc) is 2.85. The third-order valence-electron chi connectivity index (χ3n) is 3.98. The summed E-state index contributed by atoms with van der Waals surface area (Å²) in [5.74, 6) is 0.634. The largest absolute Gasteiger partial charge is 0.342 e. The molecule has 0 N–H and O–H groups in total. The Morgan fingerprint density at radius 3 is 2.74 bits per heavy atom. The smallest absolute Gasteiger partial charge is 0.233 e. The van der Waals surface area contributed by atoms with Crippen molar-refractivity contribution in [1.82, 2.24) is 14.5 Å². The molecule has 0 saturated carbocycles. The number of amides is 1. The summed E-state index contributed by atoms with van der Waals surface area (Å²) in [6, 6.07) is 7.63. The zero-order valence-corrected chi connectivity index (χ0v) is 14.5. The molecular weight excluding hydrogens is 330 g/mol. The Balaban J connectivity index is 1.65. The maximum absolute atomic E-state index is 12.4.